The molecule has 0 fully saturated rings. The van der Waals surface area contributed by atoms with Crippen LogP contribution in [0, 0.1) is 0 Å². The van der Waals surface area contributed by atoms with Crippen molar-refractivity contribution in [1.29, 1.82) is 0 Å². The van der Waals surface area contributed by atoms with Crippen LogP contribution in [-0.4, -0.2) is 21.2 Å². The van der Waals surface area contributed by atoms with Crippen molar-refractivity contribution in [2.24, 2.45) is 0 Å². The maximum Gasteiger partial charge on any atom is 0.309 e. The molecule has 1 aromatic rings. The molecule has 76 valence electrons. The molecule has 0 aromatic carbocycles. The summed E-state index contributed by atoms with van der Waals surface area (Å²) in [5.41, 5.74) is -0.780. The number of carboxylic acid groups (broad SMARTS) is 1. The molecule has 0 radical (unpaired) electrons. The number of hydrogen-bond donors (Lipinski definition) is 2. The summed E-state index contributed by atoms with van der Waals surface area (Å²) in [6.45, 7) is 0. The van der Waals surface area contributed by atoms with E-state index in [1.165, 1.54) is 0 Å². The second-order valence-electron chi connectivity index (χ2n) is 2.60. The molecule has 0 aliphatic heterocycles. The lowest BCUT2D eigenvalue weighted by Gasteiger charge is -2.05. The van der Waals surface area contributed by atoms with Crippen LogP contribution in [0.3, 0.4) is 0 Å². The third kappa shape index (κ3) is 2.38. The van der Waals surface area contributed by atoms with Gasteiger partial charge in [0, 0.05) is 5.56 Å². The van der Waals surface area contributed by atoms with Gasteiger partial charge in [0.05, 0.1) is 18.3 Å². The smallest absolute Gasteiger partial charge is 0.309 e. The fourth-order valence-electron chi connectivity index (χ4n) is 0.978. The second-order valence-corrected chi connectivity index (χ2v) is 2.60. The zero-order valence-electron chi connectivity index (χ0n) is 6.94. The van der Waals surface area contributed by atoms with Crippen molar-refractivity contribution in [1.82, 2.24) is 4.98 Å². The van der Waals surface area contributed by atoms with Gasteiger partial charge in [-0.1, -0.05) is 0 Å². The topological polar surface area (TPSA) is 70.4 Å². The van der Waals surface area contributed by atoms with Crippen molar-refractivity contribution >= 4 is 5.97 Å². The third-order valence-corrected chi connectivity index (χ3v) is 1.54. The van der Waals surface area contributed by atoms with Gasteiger partial charge < -0.3 is 10.2 Å². The Labute approximate surface area is 77.8 Å². The number of rotatable bonds is 3. The highest BCUT2D eigenvalue weighted by Gasteiger charge is 2.16. The lowest BCUT2D eigenvalue weighted by Crippen LogP contribution is -2.06. The molecule has 0 atom stereocenters. The molecular weight excluding hydrogens is 196 g/mol. The van der Waals surface area contributed by atoms with Crippen molar-refractivity contribution in [3.05, 3.63) is 23.5 Å². The monoisotopic (exact) mass is 203 g/mol. The maximum atomic E-state index is 12.3. The van der Waals surface area contributed by atoms with Crippen LogP contribution in [0.1, 0.15) is 17.7 Å². The van der Waals surface area contributed by atoms with Gasteiger partial charge in [-0.15, -0.1) is 0 Å². The summed E-state index contributed by atoms with van der Waals surface area (Å²) in [6.07, 6.45) is -2.49. The van der Waals surface area contributed by atoms with Crippen molar-refractivity contribution in [2.45, 2.75) is 12.8 Å². The molecule has 0 amide bonds. The first-order chi connectivity index (χ1) is 6.50. The molecule has 0 aliphatic carbocycles. The molecule has 0 unspecified atom stereocenters. The minimum absolute atomic E-state index is 0.231. The number of aromatic nitrogens is 1. The average molecular weight is 203 g/mol. The quantitative estimate of drug-likeness (QED) is 0.777. The Morgan fingerprint density at radius 2 is 2.21 bits per heavy atom. The SMILES string of the molecule is O=C(O)Cc1ncc(O)cc1C(F)F. The molecule has 2 N–H and O–H groups in total. The first-order valence-electron chi connectivity index (χ1n) is 3.68. The lowest BCUT2D eigenvalue weighted by atomic mass is 10.1. The van der Waals surface area contributed by atoms with Crippen LogP contribution in [0.4, 0.5) is 8.78 Å². The molecular formula is C8H7F2NO3. The Bertz CT molecular complexity index is 354. The van der Waals surface area contributed by atoms with Gasteiger partial charge in [-0.3, -0.25) is 9.78 Å². The Hall–Kier alpha value is -1.72. The van der Waals surface area contributed by atoms with E-state index in [2.05, 4.69) is 4.98 Å². The summed E-state index contributed by atoms with van der Waals surface area (Å²) in [7, 11) is 0. The van der Waals surface area contributed by atoms with Gasteiger partial charge in [0.2, 0.25) is 0 Å². The zero-order chi connectivity index (χ0) is 10.7. The minimum Gasteiger partial charge on any atom is -0.506 e. The van der Waals surface area contributed by atoms with Crippen LogP contribution in [0.15, 0.2) is 12.3 Å². The zero-order valence-corrected chi connectivity index (χ0v) is 6.94. The van der Waals surface area contributed by atoms with E-state index in [9.17, 15) is 13.6 Å². The van der Waals surface area contributed by atoms with Crippen LogP contribution in [0.25, 0.3) is 0 Å². The number of pyridine rings is 1. The number of hydrogen-bond acceptors (Lipinski definition) is 3. The van der Waals surface area contributed by atoms with Gasteiger partial charge in [-0.2, -0.15) is 0 Å². The lowest BCUT2D eigenvalue weighted by molar-refractivity contribution is -0.136. The van der Waals surface area contributed by atoms with Crippen LogP contribution < -0.4 is 0 Å². The van der Waals surface area contributed by atoms with E-state index in [0.29, 0.717) is 0 Å². The van der Waals surface area contributed by atoms with Crippen molar-refractivity contribution in [2.75, 3.05) is 0 Å². The summed E-state index contributed by atoms with van der Waals surface area (Å²) >= 11 is 0. The molecule has 0 aliphatic rings. The maximum absolute atomic E-state index is 12.3. The number of carboxylic acids is 1. The van der Waals surface area contributed by atoms with Gasteiger partial charge in [-0.25, -0.2) is 8.78 Å². The molecule has 0 saturated carbocycles. The van der Waals surface area contributed by atoms with Crippen molar-refractivity contribution in [3.8, 4) is 5.75 Å². The predicted octanol–water partition coefficient (Wildman–Crippen LogP) is 1.35. The van der Waals surface area contributed by atoms with Gasteiger partial charge in [-0.05, 0) is 6.07 Å². The highest BCUT2D eigenvalue weighted by molar-refractivity contribution is 5.70. The third-order valence-electron chi connectivity index (χ3n) is 1.54. The van der Waals surface area contributed by atoms with E-state index < -0.39 is 30.1 Å². The van der Waals surface area contributed by atoms with Gasteiger partial charge in [0.1, 0.15) is 5.75 Å². The Morgan fingerprint density at radius 3 is 2.71 bits per heavy atom. The van der Waals surface area contributed by atoms with Gasteiger partial charge in [0.15, 0.2) is 0 Å². The Morgan fingerprint density at radius 1 is 1.57 bits per heavy atom. The molecule has 0 saturated heterocycles. The number of carbonyl (C=O) groups is 1. The van der Waals surface area contributed by atoms with Crippen molar-refractivity contribution < 1.29 is 23.8 Å². The van der Waals surface area contributed by atoms with E-state index >= 15 is 0 Å². The first-order valence-corrected chi connectivity index (χ1v) is 3.68. The first kappa shape index (κ1) is 10.4. The number of nitrogens with zero attached hydrogens (tertiary/aromatic N) is 1. The second kappa shape index (κ2) is 3.99. The van der Waals surface area contributed by atoms with E-state index in [4.69, 9.17) is 10.2 Å². The standard InChI is InChI=1S/C8H7F2NO3/c9-8(10)5-1-4(12)3-11-6(5)2-7(13)14/h1,3,8,12H,2H2,(H,13,14). The van der Waals surface area contributed by atoms with Crippen LogP contribution in [0.2, 0.25) is 0 Å². The van der Waals surface area contributed by atoms with E-state index in [-0.39, 0.29) is 5.69 Å². The predicted molar refractivity (Wildman–Crippen MR) is 42.2 cm³/mol. The van der Waals surface area contributed by atoms with E-state index in [1.807, 2.05) is 0 Å². The van der Waals surface area contributed by atoms with Crippen molar-refractivity contribution in [3.63, 3.8) is 0 Å². The van der Waals surface area contributed by atoms with E-state index in [1.54, 1.807) is 0 Å². The van der Waals surface area contributed by atoms with Crippen LogP contribution in [-0.2, 0) is 11.2 Å². The van der Waals surface area contributed by atoms with Crippen LogP contribution >= 0.6 is 0 Å². The summed E-state index contributed by atoms with van der Waals surface area (Å²) in [5, 5.41) is 17.3. The molecule has 0 bridgehead atoms. The summed E-state index contributed by atoms with van der Waals surface area (Å²) in [4.78, 5) is 13.7. The highest BCUT2D eigenvalue weighted by atomic mass is 19.3. The molecule has 1 aromatic heterocycles. The molecule has 1 rings (SSSR count). The molecule has 1 heterocycles. The van der Waals surface area contributed by atoms with Gasteiger partial charge in [0.25, 0.3) is 6.43 Å². The minimum atomic E-state index is -2.84. The fraction of sp³-hybridized carbons (Fsp3) is 0.250. The largest absolute Gasteiger partial charge is 0.506 e. The summed E-state index contributed by atoms with van der Waals surface area (Å²) < 4.78 is 24.6. The normalized spacial score (nSPS) is 10.5. The number of aromatic hydroxyl groups is 1. The molecule has 6 heteroatoms. The summed E-state index contributed by atoms with van der Waals surface area (Å²) in [6, 6.07) is 0.815. The van der Waals surface area contributed by atoms with Gasteiger partial charge >= 0.3 is 5.97 Å². The molecule has 14 heavy (non-hydrogen) atoms. The number of aliphatic carboxylic acids is 1. The van der Waals surface area contributed by atoms with Crippen LogP contribution in [0.5, 0.6) is 5.75 Å². The highest BCUT2D eigenvalue weighted by Crippen LogP contribution is 2.25. The Kier molecular flexibility index (Phi) is 2.95. The molecule has 0 spiro atoms. The number of halogens is 2. The number of alkyl halides is 2. The fourth-order valence-corrected chi connectivity index (χ4v) is 0.978. The molecule has 4 nitrogen and oxygen atoms in total. The summed E-state index contributed by atoms with van der Waals surface area (Å²) in [5.74, 6) is -1.65. The Balaban J connectivity index is 3.08. The van der Waals surface area contributed by atoms with E-state index in [0.717, 1.165) is 12.3 Å². The average Bonchev–Trinajstić information content (AvgIpc) is 2.07.